The SMILES string of the molecule is Cc1nc(NC(=O)Cn2cnc(N)n2)sc1C. The summed E-state index contributed by atoms with van der Waals surface area (Å²) in [5.74, 6) is -0.0533. The molecule has 0 saturated carbocycles. The number of nitrogens with one attached hydrogen (secondary N) is 1. The van der Waals surface area contributed by atoms with Crippen LogP contribution < -0.4 is 11.1 Å². The van der Waals surface area contributed by atoms with Crippen LogP contribution in [0.3, 0.4) is 0 Å². The third-order valence-electron chi connectivity index (χ3n) is 2.13. The molecule has 90 valence electrons. The molecule has 0 atom stereocenters. The molecule has 0 aromatic carbocycles. The number of anilines is 2. The number of nitrogen functional groups attached to an aromatic ring is 1. The molecule has 2 aromatic rings. The number of carbonyl (C=O) groups is 1. The molecule has 0 aliphatic heterocycles. The van der Waals surface area contributed by atoms with Gasteiger partial charge in [0.05, 0.1) is 5.69 Å². The minimum atomic E-state index is -0.205. The van der Waals surface area contributed by atoms with Crippen LogP contribution in [-0.4, -0.2) is 25.7 Å². The molecule has 2 rings (SSSR count). The third-order valence-corrected chi connectivity index (χ3v) is 3.12. The number of rotatable bonds is 3. The Bertz CT molecular complexity index is 526. The Morgan fingerprint density at radius 1 is 1.59 bits per heavy atom. The van der Waals surface area contributed by atoms with Crippen molar-refractivity contribution in [3.8, 4) is 0 Å². The fraction of sp³-hybridized carbons (Fsp3) is 0.333. The number of hydrogen-bond acceptors (Lipinski definition) is 6. The van der Waals surface area contributed by atoms with Gasteiger partial charge in [0.25, 0.3) is 0 Å². The van der Waals surface area contributed by atoms with Gasteiger partial charge in [-0.25, -0.2) is 14.6 Å². The van der Waals surface area contributed by atoms with Crippen molar-refractivity contribution < 1.29 is 4.79 Å². The van der Waals surface area contributed by atoms with Crippen LogP contribution in [0.15, 0.2) is 6.33 Å². The lowest BCUT2D eigenvalue weighted by Gasteiger charge is -2.00. The zero-order chi connectivity index (χ0) is 12.4. The summed E-state index contributed by atoms with van der Waals surface area (Å²) in [7, 11) is 0. The predicted molar refractivity (Wildman–Crippen MR) is 64.7 cm³/mol. The summed E-state index contributed by atoms with van der Waals surface area (Å²) in [5, 5.41) is 7.12. The Hall–Kier alpha value is -1.96. The molecule has 0 aliphatic rings. The normalized spacial score (nSPS) is 10.5. The summed E-state index contributed by atoms with van der Waals surface area (Å²) in [5.41, 5.74) is 6.27. The first-order chi connectivity index (χ1) is 8.04. The second-order valence-corrected chi connectivity index (χ2v) is 4.71. The topological polar surface area (TPSA) is 98.7 Å². The van der Waals surface area contributed by atoms with E-state index in [1.54, 1.807) is 0 Å². The zero-order valence-corrected chi connectivity index (χ0v) is 10.3. The fourth-order valence-electron chi connectivity index (χ4n) is 1.22. The smallest absolute Gasteiger partial charge is 0.247 e. The Kier molecular flexibility index (Phi) is 3.05. The van der Waals surface area contributed by atoms with E-state index in [2.05, 4.69) is 20.4 Å². The minimum Gasteiger partial charge on any atom is -0.367 e. The van der Waals surface area contributed by atoms with Crippen molar-refractivity contribution in [1.29, 1.82) is 0 Å². The standard InChI is InChI=1S/C9H12N6OS/c1-5-6(2)17-9(12-5)13-7(16)3-15-4-11-8(10)14-15/h4H,3H2,1-2H3,(H2,10,14)(H,12,13,16). The van der Waals surface area contributed by atoms with Crippen molar-refractivity contribution in [2.45, 2.75) is 20.4 Å². The maximum absolute atomic E-state index is 11.6. The number of carbonyl (C=O) groups excluding carboxylic acids is 1. The Morgan fingerprint density at radius 2 is 2.35 bits per heavy atom. The molecular formula is C9H12N6OS. The van der Waals surface area contributed by atoms with Gasteiger partial charge in [0.1, 0.15) is 12.9 Å². The van der Waals surface area contributed by atoms with Crippen molar-refractivity contribution in [3.63, 3.8) is 0 Å². The summed E-state index contributed by atoms with van der Waals surface area (Å²) >= 11 is 1.45. The number of hydrogen-bond donors (Lipinski definition) is 2. The van der Waals surface area contributed by atoms with Gasteiger partial charge >= 0.3 is 0 Å². The molecule has 0 fully saturated rings. The van der Waals surface area contributed by atoms with Crippen molar-refractivity contribution >= 4 is 28.3 Å². The lowest BCUT2D eigenvalue weighted by Crippen LogP contribution is -2.19. The second kappa shape index (κ2) is 4.50. The molecule has 1 amide bonds. The van der Waals surface area contributed by atoms with Gasteiger partial charge in [0, 0.05) is 4.88 Å². The van der Waals surface area contributed by atoms with Gasteiger partial charge in [0.15, 0.2) is 5.13 Å². The number of aryl methyl sites for hydroxylation is 2. The molecule has 0 aliphatic carbocycles. The van der Waals surface area contributed by atoms with Crippen LogP contribution in [-0.2, 0) is 11.3 Å². The number of nitrogens with two attached hydrogens (primary N) is 1. The summed E-state index contributed by atoms with van der Waals surface area (Å²) in [6, 6.07) is 0. The van der Waals surface area contributed by atoms with E-state index in [1.807, 2.05) is 13.8 Å². The van der Waals surface area contributed by atoms with E-state index in [1.165, 1.54) is 22.3 Å². The number of nitrogens with zero attached hydrogens (tertiary/aromatic N) is 4. The van der Waals surface area contributed by atoms with Gasteiger partial charge in [-0.1, -0.05) is 0 Å². The van der Waals surface area contributed by atoms with Gasteiger partial charge in [-0.3, -0.25) is 4.79 Å². The Balaban J connectivity index is 1.97. The first kappa shape index (κ1) is 11.5. The molecule has 8 heteroatoms. The lowest BCUT2D eigenvalue weighted by atomic mass is 10.4. The summed E-state index contributed by atoms with van der Waals surface area (Å²) in [6.45, 7) is 3.93. The fourth-order valence-corrected chi connectivity index (χ4v) is 2.05. The minimum absolute atomic E-state index is 0.0713. The van der Waals surface area contributed by atoms with Crippen LogP contribution in [0, 0.1) is 13.8 Å². The van der Waals surface area contributed by atoms with Gasteiger partial charge in [0.2, 0.25) is 11.9 Å². The molecule has 0 radical (unpaired) electrons. The quantitative estimate of drug-likeness (QED) is 0.832. The molecule has 2 heterocycles. The largest absolute Gasteiger partial charge is 0.367 e. The van der Waals surface area contributed by atoms with E-state index in [-0.39, 0.29) is 18.4 Å². The van der Waals surface area contributed by atoms with E-state index in [0.717, 1.165) is 10.6 Å². The number of amides is 1. The molecule has 2 aromatic heterocycles. The highest BCUT2D eigenvalue weighted by Crippen LogP contribution is 2.20. The van der Waals surface area contributed by atoms with Crippen LogP contribution in [0.5, 0.6) is 0 Å². The molecule has 17 heavy (non-hydrogen) atoms. The van der Waals surface area contributed by atoms with Crippen LogP contribution in [0.4, 0.5) is 11.1 Å². The van der Waals surface area contributed by atoms with Crippen LogP contribution in [0.1, 0.15) is 10.6 Å². The second-order valence-electron chi connectivity index (χ2n) is 3.51. The molecule has 0 unspecified atom stereocenters. The molecule has 0 saturated heterocycles. The highest BCUT2D eigenvalue weighted by molar-refractivity contribution is 7.15. The highest BCUT2D eigenvalue weighted by atomic mass is 32.1. The van der Waals surface area contributed by atoms with E-state index in [9.17, 15) is 4.79 Å². The molecule has 3 N–H and O–H groups in total. The van der Waals surface area contributed by atoms with Gasteiger partial charge in [-0.15, -0.1) is 16.4 Å². The maximum atomic E-state index is 11.6. The monoisotopic (exact) mass is 252 g/mol. The van der Waals surface area contributed by atoms with E-state index < -0.39 is 0 Å². The van der Waals surface area contributed by atoms with Crippen molar-refractivity contribution in [2.75, 3.05) is 11.1 Å². The zero-order valence-electron chi connectivity index (χ0n) is 9.47. The number of thiazole rings is 1. The van der Waals surface area contributed by atoms with E-state index >= 15 is 0 Å². The van der Waals surface area contributed by atoms with Gasteiger partial charge in [-0.2, -0.15) is 0 Å². The maximum Gasteiger partial charge on any atom is 0.247 e. The van der Waals surface area contributed by atoms with Crippen molar-refractivity contribution in [1.82, 2.24) is 19.7 Å². The predicted octanol–water partition coefficient (Wildman–Crippen LogP) is 0.572. The van der Waals surface area contributed by atoms with Crippen LogP contribution >= 0.6 is 11.3 Å². The molecule has 0 spiro atoms. The third kappa shape index (κ3) is 2.78. The molecular weight excluding hydrogens is 240 g/mol. The van der Waals surface area contributed by atoms with E-state index in [0.29, 0.717) is 5.13 Å². The first-order valence-electron chi connectivity index (χ1n) is 4.93. The van der Waals surface area contributed by atoms with Crippen LogP contribution in [0.25, 0.3) is 0 Å². The van der Waals surface area contributed by atoms with Crippen molar-refractivity contribution in [2.24, 2.45) is 0 Å². The molecule has 7 nitrogen and oxygen atoms in total. The highest BCUT2D eigenvalue weighted by Gasteiger charge is 2.09. The summed E-state index contributed by atoms with van der Waals surface area (Å²) in [4.78, 5) is 20.7. The van der Waals surface area contributed by atoms with Gasteiger partial charge < -0.3 is 11.1 Å². The Labute approximate surface area is 102 Å². The lowest BCUT2D eigenvalue weighted by molar-refractivity contribution is -0.116. The molecule has 0 bridgehead atoms. The van der Waals surface area contributed by atoms with Crippen molar-refractivity contribution in [3.05, 3.63) is 16.9 Å². The van der Waals surface area contributed by atoms with E-state index in [4.69, 9.17) is 5.73 Å². The first-order valence-corrected chi connectivity index (χ1v) is 5.75. The average molecular weight is 252 g/mol. The van der Waals surface area contributed by atoms with Gasteiger partial charge in [-0.05, 0) is 13.8 Å². The summed E-state index contributed by atoms with van der Waals surface area (Å²) < 4.78 is 1.37. The Morgan fingerprint density at radius 3 is 2.88 bits per heavy atom. The van der Waals surface area contributed by atoms with Crippen LogP contribution in [0.2, 0.25) is 0 Å². The number of aromatic nitrogens is 4. The summed E-state index contributed by atoms with van der Waals surface area (Å²) in [6.07, 6.45) is 1.41. The average Bonchev–Trinajstić information content (AvgIpc) is 2.75.